The number of allylic oxidation sites excluding steroid dienone is 1. The number of hydrogen-bond acceptors (Lipinski definition) is 4. The first-order chi connectivity index (χ1) is 13.8. The number of carbonyl (C=O) groups excluding carboxylic acids is 1. The van der Waals surface area contributed by atoms with Gasteiger partial charge in [-0.25, -0.2) is 0 Å². The van der Waals surface area contributed by atoms with Crippen LogP contribution in [0.5, 0.6) is 0 Å². The topological polar surface area (TPSA) is 59.4 Å². The van der Waals surface area contributed by atoms with E-state index in [0.717, 1.165) is 31.4 Å². The summed E-state index contributed by atoms with van der Waals surface area (Å²) in [6.07, 6.45) is 4.66. The van der Waals surface area contributed by atoms with Gasteiger partial charge in [0.05, 0.1) is 19.8 Å². The number of aromatic nitrogens is 2. The maximum absolute atomic E-state index is 13.1. The van der Waals surface area contributed by atoms with Crippen molar-refractivity contribution in [1.29, 1.82) is 0 Å². The standard InChI is InChI=1S/C22H28N4O2/c1-2-10-26-20-9-8-18(23-16-17-6-4-3-5-7-17)15-19(20)21(24-26)22(27)25-11-13-28-14-12-25/h2-7,18,23H,1,8-16H2. The van der Waals surface area contributed by atoms with E-state index in [9.17, 15) is 4.79 Å². The second-order valence-electron chi connectivity index (χ2n) is 7.46. The first-order valence-corrected chi connectivity index (χ1v) is 10.1. The highest BCUT2D eigenvalue weighted by atomic mass is 16.5. The summed E-state index contributed by atoms with van der Waals surface area (Å²) in [5.41, 5.74) is 4.19. The molecule has 1 aromatic carbocycles. The van der Waals surface area contributed by atoms with E-state index < -0.39 is 0 Å². The van der Waals surface area contributed by atoms with E-state index in [-0.39, 0.29) is 5.91 Å². The molecular formula is C22H28N4O2. The van der Waals surface area contributed by atoms with Crippen LogP contribution in [0.3, 0.4) is 0 Å². The van der Waals surface area contributed by atoms with Crippen molar-refractivity contribution in [3.05, 3.63) is 65.5 Å². The van der Waals surface area contributed by atoms with E-state index in [1.807, 2.05) is 21.7 Å². The van der Waals surface area contributed by atoms with Gasteiger partial charge in [0.15, 0.2) is 5.69 Å². The Labute approximate surface area is 166 Å². The zero-order valence-electron chi connectivity index (χ0n) is 16.3. The molecule has 1 unspecified atom stereocenters. The molecule has 0 spiro atoms. The average Bonchev–Trinajstić information content (AvgIpc) is 3.11. The van der Waals surface area contributed by atoms with Gasteiger partial charge < -0.3 is 15.0 Å². The van der Waals surface area contributed by atoms with Gasteiger partial charge in [-0.1, -0.05) is 36.4 Å². The number of morpholine rings is 1. The molecule has 1 saturated heterocycles. The normalized spacial score (nSPS) is 19.3. The van der Waals surface area contributed by atoms with Crippen molar-refractivity contribution in [2.75, 3.05) is 26.3 Å². The number of nitrogens with one attached hydrogen (secondary N) is 1. The van der Waals surface area contributed by atoms with Crippen LogP contribution in [0, 0.1) is 0 Å². The lowest BCUT2D eigenvalue weighted by molar-refractivity contribution is 0.0297. The van der Waals surface area contributed by atoms with Gasteiger partial charge in [-0.15, -0.1) is 6.58 Å². The Hall–Kier alpha value is -2.44. The van der Waals surface area contributed by atoms with Crippen molar-refractivity contribution < 1.29 is 9.53 Å². The highest BCUT2D eigenvalue weighted by molar-refractivity contribution is 5.94. The molecule has 1 atom stereocenters. The Morgan fingerprint density at radius 3 is 2.82 bits per heavy atom. The van der Waals surface area contributed by atoms with Crippen molar-refractivity contribution in [3.8, 4) is 0 Å². The molecule has 4 rings (SSSR count). The summed E-state index contributed by atoms with van der Waals surface area (Å²) in [7, 11) is 0. The van der Waals surface area contributed by atoms with Gasteiger partial charge in [-0.3, -0.25) is 9.48 Å². The number of fused-ring (bicyclic) bond motifs is 1. The largest absolute Gasteiger partial charge is 0.378 e. The number of benzene rings is 1. The second kappa shape index (κ2) is 8.71. The van der Waals surface area contributed by atoms with Crippen LogP contribution in [-0.4, -0.2) is 52.9 Å². The van der Waals surface area contributed by atoms with Gasteiger partial charge in [0.25, 0.3) is 5.91 Å². The summed E-state index contributed by atoms with van der Waals surface area (Å²) in [4.78, 5) is 15.0. The number of rotatable bonds is 6. The Morgan fingerprint density at radius 1 is 1.29 bits per heavy atom. The van der Waals surface area contributed by atoms with Crippen molar-refractivity contribution in [3.63, 3.8) is 0 Å². The molecule has 1 fully saturated rings. The summed E-state index contributed by atoms with van der Waals surface area (Å²) < 4.78 is 7.35. The minimum absolute atomic E-state index is 0.0334. The van der Waals surface area contributed by atoms with Crippen LogP contribution in [0.4, 0.5) is 0 Å². The molecule has 0 bridgehead atoms. The third-order valence-electron chi connectivity index (χ3n) is 5.59. The van der Waals surface area contributed by atoms with Crippen LogP contribution in [0.15, 0.2) is 43.0 Å². The molecule has 1 amide bonds. The first kappa shape index (κ1) is 18.9. The Balaban J connectivity index is 1.52. The molecule has 148 valence electrons. The molecule has 0 saturated carbocycles. The molecule has 1 N–H and O–H groups in total. The Morgan fingerprint density at radius 2 is 2.07 bits per heavy atom. The quantitative estimate of drug-likeness (QED) is 0.781. The van der Waals surface area contributed by atoms with Gasteiger partial charge in [0.1, 0.15) is 0 Å². The third kappa shape index (κ3) is 4.03. The van der Waals surface area contributed by atoms with Crippen LogP contribution >= 0.6 is 0 Å². The SMILES string of the molecule is C=CCn1nc(C(=O)N2CCOCC2)c2c1CCC(NCc1ccccc1)C2. The van der Waals surface area contributed by atoms with Gasteiger partial charge >= 0.3 is 0 Å². The lowest BCUT2D eigenvalue weighted by atomic mass is 9.91. The van der Waals surface area contributed by atoms with Crippen LogP contribution < -0.4 is 5.32 Å². The predicted molar refractivity (Wildman–Crippen MR) is 108 cm³/mol. The van der Waals surface area contributed by atoms with E-state index >= 15 is 0 Å². The van der Waals surface area contributed by atoms with Crippen LogP contribution in [0.1, 0.15) is 33.7 Å². The van der Waals surface area contributed by atoms with E-state index in [4.69, 9.17) is 9.84 Å². The molecule has 6 heteroatoms. The minimum Gasteiger partial charge on any atom is -0.378 e. The summed E-state index contributed by atoms with van der Waals surface area (Å²) in [6, 6.07) is 10.8. The minimum atomic E-state index is 0.0334. The van der Waals surface area contributed by atoms with E-state index in [2.05, 4.69) is 36.2 Å². The molecule has 28 heavy (non-hydrogen) atoms. The molecular weight excluding hydrogens is 352 g/mol. The summed E-state index contributed by atoms with van der Waals surface area (Å²) in [5, 5.41) is 8.36. The van der Waals surface area contributed by atoms with Crippen molar-refractivity contribution in [2.24, 2.45) is 0 Å². The molecule has 6 nitrogen and oxygen atoms in total. The first-order valence-electron chi connectivity index (χ1n) is 10.1. The molecule has 2 heterocycles. The molecule has 1 aliphatic carbocycles. The fraction of sp³-hybridized carbons (Fsp3) is 0.455. The summed E-state index contributed by atoms with van der Waals surface area (Å²) in [6.45, 7) is 7.80. The Kier molecular flexibility index (Phi) is 5.88. The molecule has 0 radical (unpaired) electrons. The number of nitrogens with zero attached hydrogens (tertiary/aromatic N) is 3. The van der Waals surface area contributed by atoms with E-state index in [1.165, 1.54) is 11.3 Å². The van der Waals surface area contributed by atoms with E-state index in [1.54, 1.807) is 0 Å². The summed E-state index contributed by atoms with van der Waals surface area (Å²) >= 11 is 0. The highest BCUT2D eigenvalue weighted by Crippen LogP contribution is 2.26. The third-order valence-corrected chi connectivity index (χ3v) is 5.59. The molecule has 1 aliphatic heterocycles. The smallest absolute Gasteiger partial charge is 0.274 e. The van der Waals surface area contributed by atoms with Crippen molar-refractivity contribution in [1.82, 2.24) is 20.0 Å². The highest BCUT2D eigenvalue weighted by Gasteiger charge is 2.31. The van der Waals surface area contributed by atoms with Crippen LogP contribution in [-0.2, 0) is 30.7 Å². The van der Waals surface area contributed by atoms with E-state index in [0.29, 0.717) is 44.6 Å². The van der Waals surface area contributed by atoms with Crippen molar-refractivity contribution in [2.45, 2.75) is 38.4 Å². The average molecular weight is 380 g/mol. The lowest BCUT2D eigenvalue weighted by Gasteiger charge is -2.28. The number of hydrogen-bond donors (Lipinski definition) is 1. The molecule has 2 aromatic rings. The fourth-order valence-corrected chi connectivity index (χ4v) is 4.08. The number of ether oxygens (including phenoxy) is 1. The van der Waals surface area contributed by atoms with Gasteiger partial charge in [-0.05, 0) is 24.8 Å². The maximum Gasteiger partial charge on any atom is 0.274 e. The Bertz CT molecular complexity index is 825. The fourth-order valence-electron chi connectivity index (χ4n) is 4.08. The predicted octanol–water partition coefficient (Wildman–Crippen LogP) is 2.19. The van der Waals surface area contributed by atoms with Crippen molar-refractivity contribution >= 4 is 5.91 Å². The van der Waals surface area contributed by atoms with Crippen LogP contribution in [0.2, 0.25) is 0 Å². The maximum atomic E-state index is 13.1. The monoisotopic (exact) mass is 380 g/mol. The van der Waals surface area contributed by atoms with Crippen LogP contribution in [0.25, 0.3) is 0 Å². The molecule has 1 aromatic heterocycles. The summed E-state index contributed by atoms with van der Waals surface area (Å²) in [5.74, 6) is 0.0334. The van der Waals surface area contributed by atoms with Gasteiger partial charge in [0.2, 0.25) is 0 Å². The number of amides is 1. The second-order valence-corrected chi connectivity index (χ2v) is 7.46. The number of carbonyl (C=O) groups is 1. The zero-order chi connectivity index (χ0) is 19.3. The zero-order valence-corrected chi connectivity index (χ0v) is 16.3. The van der Waals surface area contributed by atoms with Gasteiger partial charge in [-0.2, -0.15) is 5.10 Å². The van der Waals surface area contributed by atoms with Gasteiger partial charge in [0, 0.05) is 36.9 Å². The lowest BCUT2D eigenvalue weighted by Crippen LogP contribution is -2.41. The molecule has 2 aliphatic rings.